The van der Waals surface area contributed by atoms with Gasteiger partial charge >= 0.3 is 0 Å². The Morgan fingerprint density at radius 2 is 1.83 bits per heavy atom. The molecular weight excluding hydrogens is 398 g/mol. The minimum Gasteiger partial charge on any atom is -0.348 e. The Kier molecular flexibility index (Phi) is 7.28. The van der Waals surface area contributed by atoms with E-state index in [0.717, 1.165) is 31.6 Å². The SMILES string of the molecule is CCN(CC)S(=O)(=O)c1ccc(C)c(C(=O)NC2CCN(Cc3ccccc3)C2)c1. The molecule has 7 heteroatoms. The van der Waals surface area contributed by atoms with Gasteiger partial charge in [0.2, 0.25) is 10.0 Å². The molecule has 0 aromatic heterocycles. The molecular formula is C23H31N3O3S. The standard InChI is InChI=1S/C23H31N3O3S/c1-4-26(5-2)30(28,29)21-12-11-18(3)22(15-21)23(27)24-20-13-14-25(17-20)16-19-9-7-6-8-10-19/h6-12,15,20H,4-5,13-14,16-17H2,1-3H3,(H,24,27). The second-order valence-corrected chi connectivity index (χ2v) is 9.68. The maximum atomic E-state index is 12.9. The number of rotatable bonds is 8. The number of nitrogens with one attached hydrogen (secondary N) is 1. The van der Waals surface area contributed by atoms with E-state index in [0.29, 0.717) is 18.7 Å². The molecule has 1 aliphatic rings. The fourth-order valence-corrected chi connectivity index (χ4v) is 5.40. The maximum Gasteiger partial charge on any atom is 0.251 e. The molecule has 1 heterocycles. The quantitative estimate of drug-likeness (QED) is 0.700. The smallest absolute Gasteiger partial charge is 0.251 e. The lowest BCUT2D eigenvalue weighted by atomic mass is 10.1. The molecule has 1 fully saturated rings. The summed E-state index contributed by atoms with van der Waals surface area (Å²) >= 11 is 0. The van der Waals surface area contributed by atoms with Crippen molar-refractivity contribution < 1.29 is 13.2 Å². The molecule has 1 amide bonds. The van der Waals surface area contributed by atoms with Gasteiger partial charge in [-0.1, -0.05) is 50.2 Å². The molecule has 1 unspecified atom stereocenters. The molecule has 6 nitrogen and oxygen atoms in total. The highest BCUT2D eigenvalue weighted by molar-refractivity contribution is 7.89. The van der Waals surface area contributed by atoms with Gasteiger partial charge in [0.1, 0.15) is 0 Å². The van der Waals surface area contributed by atoms with Gasteiger partial charge in [-0.05, 0) is 36.6 Å². The number of carbonyl (C=O) groups is 1. The Labute approximate surface area is 179 Å². The van der Waals surface area contributed by atoms with E-state index >= 15 is 0 Å². The van der Waals surface area contributed by atoms with Gasteiger partial charge in [0, 0.05) is 44.3 Å². The zero-order chi connectivity index (χ0) is 21.7. The first-order valence-corrected chi connectivity index (χ1v) is 12.0. The molecule has 0 saturated carbocycles. The van der Waals surface area contributed by atoms with Crippen LogP contribution >= 0.6 is 0 Å². The van der Waals surface area contributed by atoms with Gasteiger partial charge in [0.25, 0.3) is 5.91 Å². The molecule has 2 aromatic carbocycles. The van der Waals surface area contributed by atoms with Crippen LogP contribution < -0.4 is 5.32 Å². The van der Waals surface area contributed by atoms with E-state index in [1.165, 1.54) is 15.9 Å². The van der Waals surface area contributed by atoms with Crippen LogP contribution in [0.1, 0.15) is 41.8 Å². The van der Waals surface area contributed by atoms with Crippen LogP contribution in [0, 0.1) is 6.92 Å². The Hall–Kier alpha value is -2.22. The lowest BCUT2D eigenvalue weighted by molar-refractivity contribution is 0.0937. The van der Waals surface area contributed by atoms with Crippen LogP contribution in [0.25, 0.3) is 0 Å². The van der Waals surface area contributed by atoms with Crippen molar-refractivity contribution in [1.82, 2.24) is 14.5 Å². The Balaban J connectivity index is 1.68. The summed E-state index contributed by atoms with van der Waals surface area (Å²) in [7, 11) is -3.60. The summed E-state index contributed by atoms with van der Waals surface area (Å²) in [5.41, 5.74) is 2.45. The molecule has 0 bridgehead atoms. The summed E-state index contributed by atoms with van der Waals surface area (Å²) in [4.78, 5) is 15.4. The number of nitrogens with zero attached hydrogens (tertiary/aromatic N) is 2. The molecule has 3 rings (SSSR count). The second-order valence-electron chi connectivity index (χ2n) is 7.75. The first-order valence-electron chi connectivity index (χ1n) is 10.5. The molecule has 1 saturated heterocycles. The van der Waals surface area contributed by atoms with Crippen molar-refractivity contribution in [2.75, 3.05) is 26.2 Å². The van der Waals surface area contributed by atoms with Crippen molar-refractivity contribution in [2.45, 2.75) is 44.7 Å². The fraction of sp³-hybridized carbons (Fsp3) is 0.435. The summed E-state index contributed by atoms with van der Waals surface area (Å²) in [5.74, 6) is -0.212. The van der Waals surface area contributed by atoms with E-state index in [2.05, 4.69) is 22.3 Å². The number of benzene rings is 2. The highest BCUT2D eigenvalue weighted by Crippen LogP contribution is 2.20. The van der Waals surface area contributed by atoms with Gasteiger partial charge in [0.05, 0.1) is 4.90 Å². The first kappa shape index (κ1) is 22.5. The van der Waals surface area contributed by atoms with E-state index in [-0.39, 0.29) is 16.8 Å². The van der Waals surface area contributed by atoms with Gasteiger partial charge in [-0.3, -0.25) is 9.69 Å². The molecule has 1 N–H and O–H groups in total. The summed E-state index contributed by atoms with van der Waals surface area (Å²) in [5, 5.41) is 3.10. The molecule has 2 aromatic rings. The van der Waals surface area contributed by atoms with Gasteiger partial charge < -0.3 is 5.32 Å². The highest BCUT2D eigenvalue weighted by atomic mass is 32.2. The first-order chi connectivity index (χ1) is 14.3. The van der Waals surface area contributed by atoms with E-state index in [1.807, 2.05) is 39.0 Å². The van der Waals surface area contributed by atoms with E-state index in [9.17, 15) is 13.2 Å². The number of hydrogen-bond donors (Lipinski definition) is 1. The van der Waals surface area contributed by atoms with Crippen LogP contribution in [0.3, 0.4) is 0 Å². The molecule has 0 spiro atoms. The number of amides is 1. The molecule has 1 atom stereocenters. The Morgan fingerprint density at radius 1 is 1.13 bits per heavy atom. The minimum atomic E-state index is -3.60. The fourth-order valence-electron chi connectivity index (χ4n) is 3.92. The lowest BCUT2D eigenvalue weighted by Gasteiger charge is -2.20. The normalized spacial score (nSPS) is 17.4. The monoisotopic (exact) mass is 429 g/mol. The summed E-state index contributed by atoms with van der Waals surface area (Å²) < 4.78 is 27.1. The van der Waals surface area contributed by atoms with Gasteiger partial charge in [-0.25, -0.2) is 8.42 Å². The summed E-state index contributed by atoms with van der Waals surface area (Å²) in [6, 6.07) is 15.2. The zero-order valence-corrected chi connectivity index (χ0v) is 18.8. The van der Waals surface area contributed by atoms with Crippen LogP contribution in [0.15, 0.2) is 53.4 Å². The number of sulfonamides is 1. The molecule has 0 radical (unpaired) electrons. The number of likely N-dealkylation sites (tertiary alicyclic amines) is 1. The van der Waals surface area contributed by atoms with Crippen LogP contribution in [0.2, 0.25) is 0 Å². The largest absolute Gasteiger partial charge is 0.348 e. The molecule has 0 aliphatic carbocycles. The molecule has 1 aliphatic heterocycles. The van der Waals surface area contributed by atoms with Gasteiger partial charge in [-0.2, -0.15) is 4.31 Å². The van der Waals surface area contributed by atoms with Crippen molar-refractivity contribution in [3.63, 3.8) is 0 Å². The summed E-state index contributed by atoms with van der Waals surface area (Å²) in [6.07, 6.45) is 0.884. The van der Waals surface area contributed by atoms with Crippen molar-refractivity contribution in [3.05, 3.63) is 65.2 Å². The number of hydrogen-bond acceptors (Lipinski definition) is 4. The number of aryl methyl sites for hydroxylation is 1. The van der Waals surface area contributed by atoms with Crippen LogP contribution in [-0.2, 0) is 16.6 Å². The maximum absolute atomic E-state index is 12.9. The van der Waals surface area contributed by atoms with Gasteiger partial charge in [-0.15, -0.1) is 0 Å². The van der Waals surface area contributed by atoms with Crippen molar-refractivity contribution in [1.29, 1.82) is 0 Å². The molecule has 162 valence electrons. The minimum absolute atomic E-state index is 0.0589. The molecule has 30 heavy (non-hydrogen) atoms. The Bertz CT molecular complexity index is 972. The predicted molar refractivity (Wildman–Crippen MR) is 119 cm³/mol. The third-order valence-corrected chi connectivity index (χ3v) is 7.70. The van der Waals surface area contributed by atoms with Crippen LogP contribution in [0.5, 0.6) is 0 Å². The average molecular weight is 430 g/mol. The Morgan fingerprint density at radius 3 is 2.50 bits per heavy atom. The topological polar surface area (TPSA) is 69.7 Å². The van der Waals surface area contributed by atoms with Gasteiger partial charge in [0.15, 0.2) is 0 Å². The lowest BCUT2D eigenvalue weighted by Crippen LogP contribution is -2.37. The van der Waals surface area contributed by atoms with Crippen molar-refractivity contribution >= 4 is 15.9 Å². The highest BCUT2D eigenvalue weighted by Gasteiger charge is 2.27. The van der Waals surface area contributed by atoms with Crippen LogP contribution in [0.4, 0.5) is 0 Å². The van der Waals surface area contributed by atoms with E-state index in [4.69, 9.17) is 0 Å². The van der Waals surface area contributed by atoms with E-state index < -0.39 is 10.0 Å². The van der Waals surface area contributed by atoms with Crippen molar-refractivity contribution in [3.8, 4) is 0 Å². The second kappa shape index (κ2) is 9.73. The third kappa shape index (κ3) is 5.09. The zero-order valence-electron chi connectivity index (χ0n) is 18.0. The number of carbonyl (C=O) groups excluding carboxylic acids is 1. The van der Waals surface area contributed by atoms with E-state index in [1.54, 1.807) is 12.1 Å². The average Bonchev–Trinajstić information content (AvgIpc) is 3.16. The van der Waals surface area contributed by atoms with Crippen molar-refractivity contribution in [2.24, 2.45) is 0 Å². The predicted octanol–water partition coefficient (Wildman–Crippen LogP) is 3.03. The summed E-state index contributed by atoms with van der Waals surface area (Å²) in [6.45, 7) is 8.82. The third-order valence-electron chi connectivity index (χ3n) is 5.65. The van der Waals surface area contributed by atoms with Crippen LogP contribution in [-0.4, -0.2) is 55.8 Å².